The monoisotopic (exact) mass is 496 g/mol. The first-order chi connectivity index (χ1) is 18.0. The molecule has 4 aromatic rings. The van der Waals surface area contributed by atoms with Gasteiger partial charge in [-0.25, -0.2) is 10.2 Å². The maximum atomic E-state index is 13.0. The number of aryl methyl sites for hydroxylation is 2. The third-order valence-corrected chi connectivity index (χ3v) is 5.64. The fraction of sp³-hybridized carbons (Fsp3) is 0.167. The Labute approximate surface area is 215 Å². The summed E-state index contributed by atoms with van der Waals surface area (Å²) >= 11 is 0. The van der Waals surface area contributed by atoms with Crippen molar-refractivity contribution >= 4 is 28.9 Å². The summed E-state index contributed by atoms with van der Waals surface area (Å²) in [6.45, 7) is 5.92. The molecule has 1 amide bonds. The number of hydrazone groups is 1. The first-order valence-corrected chi connectivity index (χ1v) is 11.9. The number of hydrogen-bond donors (Lipinski definition) is 1. The summed E-state index contributed by atoms with van der Waals surface area (Å²) in [5, 5.41) is 5.77. The van der Waals surface area contributed by atoms with Crippen molar-refractivity contribution in [1.29, 1.82) is 0 Å². The van der Waals surface area contributed by atoms with Crippen LogP contribution in [0.5, 0.6) is 17.2 Å². The van der Waals surface area contributed by atoms with E-state index in [0.717, 1.165) is 21.9 Å². The highest BCUT2D eigenvalue weighted by Crippen LogP contribution is 2.30. The number of nitrogens with one attached hydrogen (secondary N) is 1. The van der Waals surface area contributed by atoms with E-state index in [0.29, 0.717) is 35.0 Å². The van der Waals surface area contributed by atoms with Crippen LogP contribution in [-0.4, -0.2) is 31.3 Å². The van der Waals surface area contributed by atoms with E-state index in [1.54, 1.807) is 24.3 Å². The molecule has 0 spiro atoms. The largest absolute Gasteiger partial charge is 0.490 e. The Morgan fingerprint density at radius 1 is 0.865 bits per heavy atom. The van der Waals surface area contributed by atoms with Gasteiger partial charge in [0.1, 0.15) is 5.75 Å². The molecule has 4 rings (SSSR count). The van der Waals surface area contributed by atoms with Gasteiger partial charge in [0.15, 0.2) is 18.1 Å². The van der Waals surface area contributed by atoms with E-state index in [1.165, 1.54) is 6.21 Å². The van der Waals surface area contributed by atoms with Gasteiger partial charge in [-0.1, -0.05) is 54.6 Å². The lowest BCUT2D eigenvalue weighted by atomic mass is 10.0. The number of hydrogen-bond acceptors (Lipinski definition) is 6. The Kier molecular flexibility index (Phi) is 8.15. The van der Waals surface area contributed by atoms with Crippen LogP contribution >= 0.6 is 0 Å². The van der Waals surface area contributed by atoms with E-state index in [-0.39, 0.29) is 12.5 Å². The van der Waals surface area contributed by atoms with Crippen LogP contribution in [0, 0.1) is 13.8 Å². The molecule has 0 heterocycles. The molecule has 0 fully saturated rings. The van der Waals surface area contributed by atoms with Crippen LogP contribution in [-0.2, 0) is 4.79 Å². The topological polar surface area (TPSA) is 86.2 Å². The highest BCUT2D eigenvalue weighted by molar-refractivity contribution is 6.05. The Bertz CT molecular complexity index is 1440. The lowest BCUT2D eigenvalue weighted by Crippen LogP contribution is -2.25. The SMILES string of the molecule is CCOc1cc(/C=N\NC(=O)COc2c(C)cccc2C)ccc1OC(=O)c1cccc2ccccc12. The molecule has 1 N–H and O–H groups in total. The summed E-state index contributed by atoms with van der Waals surface area (Å²) in [7, 11) is 0. The van der Waals surface area contributed by atoms with E-state index < -0.39 is 5.97 Å². The van der Waals surface area contributed by atoms with Gasteiger partial charge in [-0.2, -0.15) is 5.10 Å². The standard InChI is InChI=1S/C30H28N2O5/c1-4-35-27-17-22(18-31-32-28(33)19-36-29-20(2)9-7-10-21(29)3)15-16-26(27)37-30(34)25-14-8-12-23-11-5-6-13-24(23)25/h5-18H,4,19H2,1-3H3,(H,32,33)/b31-18-. The van der Waals surface area contributed by atoms with Crippen molar-refractivity contribution < 1.29 is 23.8 Å². The highest BCUT2D eigenvalue weighted by Gasteiger charge is 2.15. The molecule has 0 atom stereocenters. The van der Waals surface area contributed by atoms with Crippen LogP contribution in [0.3, 0.4) is 0 Å². The van der Waals surface area contributed by atoms with Gasteiger partial charge in [-0.05, 0) is 72.5 Å². The van der Waals surface area contributed by atoms with Gasteiger partial charge in [0.2, 0.25) is 0 Å². The lowest BCUT2D eigenvalue weighted by molar-refractivity contribution is -0.123. The van der Waals surface area contributed by atoms with Crippen molar-refractivity contribution in [3.63, 3.8) is 0 Å². The number of esters is 1. The van der Waals surface area contributed by atoms with E-state index >= 15 is 0 Å². The van der Waals surface area contributed by atoms with Crippen LogP contribution in [0.4, 0.5) is 0 Å². The van der Waals surface area contributed by atoms with Gasteiger partial charge in [0.25, 0.3) is 5.91 Å². The lowest BCUT2D eigenvalue weighted by Gasteiger charge is -2.12. The van der Waals surface area contributed by atoms with Crippen LogP contribution in [0.2, 0.25) is 0 Å². The predicted molar refractivity (Wildman–Crippen MR) is 144 cm³/mol. The maximum absolute atomic E-state index is 13.0. The third-order valence-electron chi connectivity index (χ3n) is 5.64. The molecule has 0 radical (unpaired) electrons. The minimum absolute atomic E-state index is 0.156. The van der Waals surface area contributed by atoms with Gasteiger partial charge in [-0.15, -0.1) is 0 Å². The van der Waals surface area contributed by atoms with Gasteiger partial charge < -0.3 is 14.2 Å². The number of fused-ring (bicyclic) bond motifs is 1. The maximum Gasteiger partial charge on any atom is 0.344 e. The normalized spacial score (nSPS) is 10.9. The second-order valence-electron chi connectivity index (χ2n) is 8.36. The van der Waals surface area contributed by atoms with Crippen molar-refractivity contribution in [2.75, 3.05) is 13.2 Å². The number of benzene rings is 4. The van der Waals surface area contributed by atoms with Gasteiger partial charge in [0, 0.05) is 0 Å². The van der Waals surface area contributed by atoms with Crippen LogP contribution in [0.25, 0.3) is 10.8 Å². The zero-order valence-electron chi connectivity index (χ0n) is 21.0. The summed E-state index contributed by atoms with van der Waals surface area (Å²) in [4.78, 5) is 25.1. The molecule has 0 aliphatic carbocycles. The van der Waals surface area contributed by atoms with Crippen LogP contribution < -0.4 is 19.6 Å². The molecule has 0 unspecified atom stereocenters. The van der Waals surface area contributed by atoms with E-state index in [2.05, 4.69) is 10.5 Å². The average molecular weight is 497 g/mol. The second kappa shape index (κ2) is 11.9. The molecular weight excluding hydrogens is 468 g/mol. The molecule has 0 saturated carbocycles. The smallest absolute Gasteiger partial charge is 0.344 e. The molecule has 0 aromatic heterocycles. The second-order valence-corrected chi connectivity index (χ2v) is 8.36. The molecule has 37 heavy (non-hydrogen) atoms. The Morgan fingerprint density at radius 2 is 1.59 bits per heavy atom. The van der Waals surface area contributed by atoms with Crippen LogP contribution in [0.15, 0.2) is 84.0 Å². The highest BCUT2D eigenvalue weighted by atomic mass is 16.6. The Balaban J connectivity index is 1.41. The molecule has 7 nitrogen and oxygen atoms in total. The molecule has 0 saturated heterocycles. The first-order valence-electron chi connectivity index (χ1n) is 11.9. The number of amides is 1. The number of nitrogens with zero attached hydrogens (tertiary/aromatic N) is 1. The molecule has 0 aliphatic rings. The first kappa shape index (κ1) is 25.4. The minimum Gasteiger partial charge on any atom is -0.490 e. The van der Waals surface area contributed by atoms with Crippen molar-refractivity contribution in [1.82, 2.24) is 5.43 Å². The van der Waals surface area contributed by atoms with Gasteiger partial charge in [0.05, 0.1) is 18.4 Å². The number of carbonyl (C=O) groups is 2. The molecular formula is C30H28N2O5. The summed E-state index contributed by atoms with van der Waals surface area (Å²) in [6, 6.07) is 24.0. The quantitative estimate of drug-likeness (QED) is 0.141. The zero-order chi connectivity index (χ0) is 26.2. The predicted octanol–water partition coefficient (Wildman–Crippen LogP) is 5.60. The molecule has 4 aromatic carbocycles. The van der Waals surface area contributed by atoms with Gasteiger partial charge in [-0.3, -0.25) is 4.79 Å². The number of carbonyl (C=O) groups excluding carboxylic acids is 2. The fourth-order valence-corrected chi connectivity index (χ4v) is 3.89. The summed E-state index contributed by atoms with van der Waals surface area (Å²) in [5.74, 6) is 0.518. The molecule has 7 heteroatoms. The summed E-state index contributed by atoms with van der Waals surface area (Å²) in [5.41, 5.74) is 5.50. The Morgan fingerprint density at radius 3 is 2.38 bits per heavy atom. The minimum atomic E-state index is -0.477. The zero-order valence-corrected chi connectivity index (χ0v) is 21.0. The van der Waals surface area contributed by atoms with Gasteiger partial charge >= 0.3 is 5.97 Å². The van der Waals surface area contributed by atoms with E-state index in [1.807, 2.05) is 75.4 Å². The molecule has 0 bridgehead atoms. The average Bonchev–Trinajstić information content (AvgIpc) is 2.89. The van der Waals surface area contributed by atoms with E-state index in [9.17, 15) is 9.59 Å². The van der Waals surface area contributed by atoms with Crippen molar-refractivity contribution in [3.8, 4) is 17.2 Å². The summed E-state index contributed by atoms with van der Waals surface area (Å²) < 4.78 is 17.0. The number of para-hydroxylation sites is 1. The van der Waals surface area contributed by atoms with Crippen molar-refractivity contribution in [2.45, 2.75) is 20.8 Å². The number of ether oxygens (including phenoxy) is 3. The Hall–Kier alpha value is -4.65. The molecule has 0 aliphatic heterocycles. The number of rotatable bonds is 9. The van der Waals surface area contributed by atoms with Crippen molar-refractivity contribution in [3.05, 3.63) is 101 Å². The fourth-order valence-electron chi connectivity index (χ4n) is 3.89. The summed E-state index contributed by atoms with van der Waals surface area (Å²) in [6.07, 6.45) is 1.48. The third kappa shape index (κ3) is 6.32. The van der Waals surface area contributed by atoms with Crippen molar-refractivity contribution in [2.24, 2.45) is 5.10 Å². The van der Waals surface area contributed by atoms with Crippen LogP contribution in [0.1, 0.15) is 34.0 Å². The van der Waals surface area contributed by atoms with E-state index in [4.69, 9.17) is 14.2 Å². The molecule has 188 valence electrons.